The molecule has 2 atom stereocenters. The number of amides is 2. The maximum Gasteiger partial charge on any atom is 0.330 e. The van der Waals surface area contributed by atoms with Gasteiger partial charge >= 0.3 is 5.97 Å². The van der Waals surface area contributed by atoms with E-state index in [4.69, 9.17) is 4.74 Å². The van der Waals surface area contributed by atoms with E-state index in [-0.39, 0.29) is 17.4 Å². The highest BCUT2D eigenvalue weighted by molar-refractivity contribution is 9.10. The van der Waals surface area contributed by atoms with Crippen molar-refractivity contribution in [3.8, 4) is 0 Å². The standard InChI is InChI=1S/C16H17BrN2O4S/c1-16-7-6-14(21)19(16)12(9-24-16)15(22)23-8-13(20)18-11-4-2-10(17)3-5-11/h2-5,12H,6-9H2,1H3,(H,18,20)/t12-,16-/m1/s1. The van der Waals surface area contributed by atoms with Crippen molar-refractivity contribution in [1.82, 2.24) is 4.90 Å². The molecule has 6 nitrogen and oxygen atoms in total. The molecule has 0 aliphatic carbocycles. The van der Waals surface area contributed by atoms with Crippen LogP contribution in [0.15, 0.2) is 28.7 Å². The molecule has 128 valence electrons. The van der Waals surface area contributed by atoms with Crippen molar-refractivity contribution in [3.63, 3.8) is 0 Å². The van der Waals surface area contributed by atoms with E-state index in [1.165, 1.54) is 0 Å². The molecule has 2 fully saturated rings. The molecular formula is C16H17BrN2O4S. The van der Waals surface area contributed by atoms with E-state index in [9.17, 15) is 14.4 Å². The molecule has 1 aromatic carbocycles. The summed E-state index contributed by atoms with van der Waals surface area (Å²) in [6.07, 6.45) is 1.20. The molecule has 0 bridgehead atoms. The van der Waals surface area contributed by atoms with Gasteiger partial charge in [0.1, 0.15) is 6.04 Å². The molecular weight excluding hydrogens is 396 g/mol. The van der Waals surface area contributed by atoms with Crippen LogP contribution in [0.1, 0.15) is 19.8 Å². The molecule has 0 aromatic heterocycles. The number of carbonyl (C=O) groups is 3. The Kier molecular flexibility index (Phi) is 4.87. The maximum absolute atomic E-state index is 12.3. The molecule has 2 saturated heterocycles. The van der Waals surface area contributed by atoms with Crippen LogP contribution in [-0.2, 0) is 19.1 Å². The van der Waals surface area contributed by atoms with Crippen LogP contribution in [0.3, 0.4) is 0 Å². The Morgan fingerprint density at radius 1 is 1.42 bits per heavy atom. The zero-order valence-electron chi connectivity index (χ0n) is 13.1. The molecule has 1 aromatic rings. The van der Waals surface area contributed by atoms with E-state index in [0.29, 0.717) is 17.9 Å². The molecule has 3 rings (SSSR count). The van der Waals surface area contributed by atoms with Gasteiger partial charge in [0.25, 0.3) is 5.91 Å². The topological polar surface area (TPSA) is 75.7 Å². The first kappa shape index (κ1) is 17.3. The molecule has 0 saturated carbocycles. The third-order valence-corrected chi connectivity index (χ3v) is 6.22. The molecule has 2 aliphatic rings. The van der Waals surface area contributed by atoms with Crippen LogP contribution in [0.2, 0.25) is 0 Å². The van der Waals surface area contributed by atoms with Gasteiger partial charge in [-0.1, -0.05) is 15.9 Å². The minimum atomic E-state index is -0.601. The van der Waals surface area contributed by atoms with Gasteiger partial charge in [0.15, 0.2) is 6.61 Å². The number of benzene rings is 1. The highest BCUT2D eigenvalue weighted by atomic mass is 79.9. The van der Waals surface area contributed by atoms with Crippen LogP contribution < -0.4 is 5.32 Å². The Morgan fingerprint density at radius 2 is 2.12 bits per heavy atom. The fraction of sp³-hybridized carbons (Fsp3) is 0.438. The number of esters is 1. The number of nitrogens with one attached hydrogen (secondary N) is 1. The van der Waals surface area contributed by atoms with Crippen molar-refractivity contribution in [2.24, 2.45) is 0 Å². The Balaban J connectivity index is 1.53. The first-order chi connectivity index (χ1) is 11.4. The summed E-state index contributed by atoms with van der Waals surface area (Å²) in [4.78, 5) is 37.5. The van der Waals surface area contributed by atoms with Gasteiger partial charge in [-0.15, -0.1) is 11.8 Å². The van der Waals surface area contributed by atoms with Crippen LogP contribution in [0, 0.1) is 0 Å². The fourth-order valence-corrected chi connectivity index (χ4v) is 4.64. The number of rotatable bonds is 4. The Morgan fingerprint density at radius 3 is 2.83 bits per heavy atom. The number of halogens is 1. The lowest BCUT2D eigenvalue weighted by atomic mass is 10.2. The summed E-state index contributed by atoms with van der Waals surface area (Å²) in [6.45, 7) is 1.60. The predicted molar refractivity (Wildman–Crippen MR) is 94.5 cm³/mol. The number of thioether (sulfide) groups is 1. The second-order valence-corrected chi connectivity index (χ2v) is 8.35. The molecule has 1 N–H and O–H groups in total. The average Bonchev–Trinajstić information content (AvgIpc) is 3.04. The number of hydrogen-bond acceptors (Lipinski definition) is 5. The third kappa shape index (κ3) is 3.44. The molecule has 2 aliphatic heterocycles. The van der Waals surface area contributed by atoms with Gasteiger partial charge in [0.05, 0.1) is 4.87 Å². The molecule has 24 heavy (non-hydrogen) atoms. The van der Waals surface area contributed by atoms with Crippen molar-refractivity contribution in [3.05, 3.63) is 28.7 Å². The molecule has 0 radical (unpaired) electrons. The monoisotopic (exact) mass is 412 g/mol. The van der Waals surface area contributed by atoms with Gasteiger partial charge in [0.2, 0.25) is 5.91 Å². The summed E-state index contributed by atoms with van der Waals surface area (Å²) in [5.41, 5.74) is 0.623. The van der Waals surface area contributed by atoms with Crippen molar-refractivity contribution in [1.29, 1.82) is 0 Å². The smallest absolute Gasteiger partial charge is 0.330 e. The van der Waals surface area contributed by atoms with Gasteiger partial charge < -0.3 is 15.0 Å². The van der Waals surface area contributed by atoms with Crippen LogP contribution in [-0.4, -0.2) is 46.0 Å². The molecule has 2 heterocycles. The molecule has 2 amide bonds. The van der Waals surface area contributed by atoms with Crippen LogP contribution in [0.4, 0.5) is 5.69 Å². The van der Waals surface area contributed by atoms with Gasteiger partial charge in [-0.3, -0.25) is 9.59 Å². The number of fused-ring (bicyclic) bond motifs is 1. The van der Waals surface area contributed by atoms with Crippen molar-refractivity contribution in [2.45, 2.75) is 30.7 Å². The summed E-state index contributed by atoms with van der Waals surface area (Å²) in [6, 6.07) is 6.49. The van der Waals surface area contributed by atoms with Gasteiger partial charge in [0, 0.05) is 22.3 Å². The zero-order chi connectivity index (χ0) is 17.3. The highest BCUT2D eigenvalue weighted by Gasteiger charge is 2.53. The minimum Gasteiger partial charge on any atom is -0.454 e. The zero-order valence-corrected chi connectivity index (χ0v) is 15.5. The van der Waals surface area contributed by atoms with E-state index < -0.39 is 17.9 Å². The summed E-state index contributed by atoms with van der Waals surface area (Å²) < 4.78 is 6.02. The molecule has 0 spiro atoms. The average molecular weight is 413 g/mol. The summed E-state index contributed by atoms with van der Waals surface area (Å²) in [5, 5.41) is 2.65. The summed E-state index contributed by atoms with van der Waals surface area (Å²) in [7, 11) is 0. The fourth-order valence-electron chi connectivity index (χ4n) is 2.96. The lowest BCUT2D eigenvalue weighted by molar-refractivity contribution is -0.155. The second-order valence-electron chi connectivity index (χ2n) is 5.93. The van der Waals surface area contributed by atoms with E-state index in [2.05, 4.69) is 21.2 Å². The Hall–Kier alpha value is -1.54. The van der Waals surface area contributed by atoms with Gasteiger partial charge in [-0.05, 0) is 37.6 Å². The maximum atomic E-state index is 12.3. The summed E-state index contributed by atoms with van der Waals surface area (Å²) >= 11 is 4.91. The number of hydrogen-bond donors (Lipinski definition) is 1. The van der Waals surface area contributed by atoms with Crippen molar-refractivity contribution in [2.75, 3.05) is 17.7 Å². The van der Waals surface area contributed by atoms with Crippen molar-refractivity contribution >= 4 is 51.2 Å². The number of ether oxygens (including phenoxy) is 1. The third-order valence-electron chi connectivity index (χ3n) is 4.19. The Bertz CT molecular complexity index is 681. The SMILES string of the molecule is C[C@@]12CCC(=O)N1[C@@H](C(=O)OCC(=O)Nc1ccc(Br)cc1)CS2. The van der Waals surface area contributed by atoms with Gasteiger partial charge in [-0.25, -0.2) is 4.79 Å². The normalized spacial score (nSPS) is 25.5. The lowest BCUT2D eigenvalue weighted by Gasteiger charge is -2.29. The van der Waals surface area contributed by atoms with Crippen LogP contribution in [0.5, 0.6) is 0 Å². The van der Waals surface area contributed by atoms with E-state index in [1.807, 2.05) is 6.92 Å². The molecule has 0 unspecified atom stereocenters. The lowest BCUT2D eigenvalue weighted by Crippen LogP contribution is -2.47. The first-order valence-corrected chi connectivity index (χ1v) is 9.35. The number of carbonyl (C=O) groups excluding carboxylic acids is 3. The summed E-state index contributed by atoms with van der Waals surface area (Å²) in [5.74, 6) is -0.446. The predicted octanol–water partition coefficient (Wildman–Crippen LogP) is 2.38. The molecule has 8 heteroatoms. The highest BCUT2D eigenvalue weighted by Crippen LogP contribution is 2.47. The van der Waals surface area contributed by atoms with Gasteiger partial charge in [-0.2, -0.15) is 0 Å². The minimum absolute atomic E-state index is 0.0243. The van der Waals surface area contributed by atoms with Crippen LogP contribution >= 0.6 is 27.7 Å². The largest absolute Gasteiger partial charge is 0.454 e. The van der Waals surface area contributed by atoms with E-state index in [1.54, 1.807) is 40.9 Å². The van der Waals surface area contributed by atoms with E-state index in [0.717, 1.165) is 10.9 Å². The quantitative estimate of drug-likeness (QED) is 0.768. The van der Waals surface area contributed by atoms with E-state index >= 15 is 0 Å². The number of anilines is 1. The first-order valence-electron chi connectivity index (χ1n) is 7.57. The van der Waals surface area contributed by atoms with Crippen molar-refractivity contribution < 1.29 is 19.1 Å². The van der Waals surface area contributed by atoms with Crippen LogP contribution in [0.25, 0.3) is 0 Å². The number of nitrogens with zero attached hydrogens (tertiary/aromatic N) is 1. The Labute approximate surface area is 152 Å². The second kappa shape index (κ2) is 6.76.